The van der Waals surface area contributed by atoms with Crippen molar-refractivity contribution in [2.45, 2.75) is 0 Å². The summed E-state index contributed by atoms with van der Waals surface area (Å²) in [4.78, 5) is 10.1. The molecule has 0 atom stereocenters. The number of para-hydroxylation sites is 2. The van der Waals surface area contributed by atoms with Crippen molar-refractivity contribution in [3.8, 4) is 11.6 Å². The van der Waals surface area contributed by atoms with Crippen LogP contribution in [-0.4, -0.2) is 14.5 Å². The van der Waals surface area contributed by atoms with E-state index in [9.17, 15) is 10.1 Å². The molecule has 0 unspecified atom stereocenters. The van der Waals surface area contributed by atoms with Crippen molar-refractivity contribution in [3.05, 3.63) is 39.8 Å². The monoisotopic (exact) mass is 223 g/mol. The second-order valence-corrected chi connectivity index (χ2v) is 3.18. The van der Waals surface area contributed by atoms with Gasteiger partial charge in [0.25, 0.3) is 5.88 Å². The highest BCUT2D eigenvalue weighted by molar-refractivity contribution is 7.03. The molecule has 1 aromatic carbocycles. The number of hydrogen-bond donors (Lipinski definition) is 0. The van der Waals surface area contributed by atoms with Gasteiger partial charge in [-0.2, -0.15) is 0 Å². The quantitative estimate of drug-likeness (QED) is 0.589. The summed E-state index contributed by atoms with van der Waals surface area (Å²) in [6, 6.07) is 6.11. The van der Waals surface area contributed by atoms with Crippen LogP contribution in [0.5, 0.6) is 11.6 Å². The van der Waals surface area contributed by atoms with Crippen LogP contribution in [0.1, 0.15) is 0 Å². The maximum Gasteiger partial charge on any atom is 0.311 e. The topological polar surface area (TPSA) is 78.2 Å². The molecule has 0 spiro atoms. The highest BCUT2D eigenvalue weighted by atomic mass is 32.1. The van der Waals surface area contributed by atoms with Gasteiger partial charge in [-0.15, -0.1) is 0 Å². The van der Waals surface area contributed by atoms with E-state index >= 15 is 0 Å². The molecule has 0 aliphatic heterocycles. The van der Waals surface area contributed by atoms with E-state index in [0.717, 1.165) is 11.5 Å². The first-order valence-electron chi connectivity index (χ1n) is 3.95. The standard InChI is InChI=1S/C8H5N3O3S/c12-11(13)6-3-1-2-4-7(6)14-8-5-15-10-9-8/h1-5H. The summed E-state index contributed by atoms with van der Waals surface area (Å²) in [5.74, 6) is 0.421. The van der Waals surface area contributed by atoms with Crippen LogP contribution >= 0.6 is 11.5 Å². The van der Waals surface area contributed by atoms with Crippen LogP contribution in [0.25, 0.3) is 0 Å². The van der Waals surface area contributed by atoms with Gasteiger partial charge in [-0.05, 0) is 17.6 Å². The number of hydrogen-bond acceptors (Lipinski definition) is 6. The van der Waals surface area contributed by atoms with Gasteiger partial charge in [0.15, 0.2) is 0 Å². The molecule has 0 aliphatic carbocycles. The molecule has 76 valence electrons. The van der Waals surface area contributed by atoms with Crippen LogP contribution in [0.3, 0.4) is 0 Å². The van der Waals surface area contributed by atoms with Gasteiger partial charge in [0.2, 0.25) is 5.75 Å². The van der Waals surface area contributed by atoms with E-state index in [1.54, 1.807) is 17.5 Å². The first-order chi connectivity index (χ1) is 7.27. The minimum atomic E-state index is -0.505. The first-order valence-corrected chi connectivity index (χ1v) is 4.79. The van der Waals surface area contributed by atoms with E-state index in [0.29, 0.717) is 0 Å². The molecule has 1 heterocycles. The molecule has 0 amide bonds. The molecule has 0 aliphatic rings. The normalized spacial score (nSPS) is 9.87. The molecular weight excluding hydrogens is 218 g/mol. The summed E-state index contributed by atoms with van der Waals surface area (Å²) >= 11 is 1.12. The molecule has 2 rings (SSSR count). The zero-order chi connectivity index (χ0) is 10.7. The fourth-order valence-electron chi connectivity index (χ4n) is 1.01. The van der Waals surface area contributed by atoms with Crippen molar-refractivity contribution in [3.63, 3.8) is 0 Å². The summed E-state index contributed by atoms with van der Waals surface area (Å²) in [6.07, 6.45) is 0. The maximum atomic E-state index is 10.6. The van der Waals surface area contributed by atoms with Gasteiger partial charge in [0.1, 0.15) is 0 Å². The highest BCUT2D eigenvalue weighted by Crippen LogP contribution is 2.29. The largest absolute Gasteiger partial charge is 0.429 e. The predicted molar refractivity (Wildman–Crippen MR) is 53.1 cm³/mol. The van der Waals surface area contributed by atoms with Gasteiger partial charge in [0.05, 0.1) is 10.3 Å². The molecule has 1 aromatic heterocycles. The predicted octanol–water partition coefficient (Wildman–Crippen LogP) is 2.24. The fourth-order valence-corrected chi connectivity index (χ4v) is 1.37. The van der Waals surface area contributed by atoms with Gasteiger partial charge in [-0.25, -0.2) is 0 Å². The maximum absolute atomic E-state index is 10.6. The van der Waals surface area contributed by atoms with Crippen molar-refractivity contribution >= 4 is 17.2 Å². The summed E-state index contributed by atoms with van der Waals surface area (Å²) in [6.45, 7) is 0. The van der Waals surface area contributed by atoms with Crippen LogP contribution < -0.4 is 4.74 Å². The van der Waals surface area contributed by atoms with Crippen molar-refractivity contribution in [2.24, 2.45) is 0 Å². The Labute approximate surface area is 88.4 Å². The highest BCUT2D eigenvalue weighted by Gasteiger charge is 2.14. The molecular formula is C8H5N3O3S. The molecule has 0 bridgehead atoms. The minimum Gasteiger partial charge on any atom is -0.429 e. The van der Waals surface area contributed by atoms with Crippen molar-refractivity contribution in [1.29, 1.82) is 0 Å². The zero-order valence-electron chi connectivity index (χ0n) is 7.36. The molecule has 0 fully saturated rings. The van der Waals surface area contributed by atoms with Crippen LogP contribution in [0.2, 0.25) is 0 Å². The first kappa shape index (κ1) is 9.53. The number of nitrogens with zero attached hydrogens (tertiary/aromatic N) is 3. The smallest absolute Gasteiger partial charge is 0.311 e. The molecule has 0 N–H and O–H groups in total. The Morgan fingerprint density at radius 2 is 2.20 bits per heavy atom. The Balaban J connectivity index is 2.32. The third-order valence-corrected chi connectivity index (χ3v) is 2.10. The number of nitro groups is 1. The number of ether oxygens (including phenoxy) is 1. The lowest BCUT2D eigenvalue weighted by molar-refractivity contribution is -0.385. The molecule has 15 heavy (non-hydrogen) atoms. The van der Waals surface area contributed by atoms with E-state index in [1.807, 2.05) is 0 Å². The Kier molecular flexibility index (Phi) is 2.55. The van der Waals surface area contributed by atoms with Gasteiger partial charge in [0, 0.05) is 6.07 Å². The molecule has 0 saturated heterocycles. The van der Waals surface area contributed by atoms with Crippen LogP contribution in [0.15, 0.2) is 29.6 Å². The number of rotatable bonds is 3. The number of benzene rings is 1. The summed E-state index contributed by atoms with van der Waals surface area (Å²) in [7, 11) is 0. The second kappa shape index (κ2) is 4.01. The number of aromatic nitrogens is 2. The minimum absolute atomic E-state index is 0.0921. The lowest BCUT2D eigenvalue weighted by Gasteiger charge is -2.01. The number of nitro benzene ring substituents is 1. The van der Waals surface area contributed by atoms with E-state index < -0.39 is 4.92 Å². The van der Waals surface area contributed by atoms with E-state index in [4.69, 9.17) is 4.74 Å². The third-order valence-electron chi connectivity index (χ3n) is 1.62. The van der Waals surface area contributed by atoms with Crippen LogP contribution in [0, 0.1) is 10.1 Å². The Bertz CT molecular complexity index is 472. The summed E-state index contributed by atoms with van der Waals surface area (Å²) in [5.41, 5.74) is -0.0921. The molecule has 0 saturated carbocycles. The van der Waals surface area contributed by atoms with Gasteiger partial charge in [-0.3, -0.25) is 10.1 Å². The molecule has 2 aromatic rings. The van der Waals surface area contributed by atoms with Crippen LogP contribution in [0.4, 0.5) is 5.69 Å². The molecule has 7 heteroatoms. The fraction of sp³-hybridized carbons (Fsp3) is 0. The van der Waals surface area contributed by atoms with Gasteiger partial charge >= 0.3 is 5.69 Å². The lowest BCUT2D eigenvalue weighted by atomic mass is 10.3. The third kappa shape index (κ3) is 2.08. The van der Waals surface area contributed by atoms with Crippen molar-refractivity contribution < 1.29 is 9.66 Å². The Hall–Kier alpha value is -2.02. The van der Waals surface area contributed by atoms with E-state index in [1.165, 1.54) is 12.1 Å². The van der Waals surface area contributed by atoms with Gasteiger partial charge in [-0.1, -0.05) is 21.7 Å². The zero-order valence-corrected chi connectivity index (χ0v) is 8.18. The average Bonchev–Trinajstić information content (AvgIpc) is 2.71. The van der Waals surface area contributed by atoms with Crippen LogP contribution in [-0.2, 0) is 0 Å². The lowest BCUT2D eigenvalue weighted by Crippen LogP contribution is -1.92. The average molecular weight is 223 g/mol. The second-order valence-electron chi connectivity index (χ2n) is 2.57. The van der Waals surface area contributed by atoms with Crippen molar-refractivity contribution in [2.75, 3.05) is 0 Å². The molecule has 0 radical (unpaired) electrons. The SMILES string of the molecule is O=[N+]([O-])c1ccccc1Oc1csnn1. The summed E-state index contributed by atoms with van der Waals surface area (Å²) in [5, 5.41) is 15.8. The van der Waals surface area contributed by atoms with Crippen molar-refractivity contribution in [1.82, 2.24) is 9.59 Å². The summed E-state index contributed by atoms with van der Waals surface area (Å²) < 4.78 is 8.80. The Morgan fingerprint density at radius 3 is 2.87 bits per heavy atom. The Morgan fingerprint density at radius 1 is 1.40 bits per heavy atom. The van der Waals surface area contributed by atoms with E-state index in [2.05, 4.69) is 9.59 Å². The van der Waals surface area contributed by atoms with E-state index in [-0.39, 0.29) is 17.3 Å². The molecule has 6 nitrogen and oxygen atoms in total. The van der Waals surface area contributed by atoms with Gasteiger partial charge < -0.3 is 4.74 Å².